The number of aliphatic carboxylic acids is 1. The van der Waals surface area contributed by atoms with Gasteiger partial charge in [-0.25, -0.2) is 4.79 Å². The van der Waals surface area contributed by atoms with Crippen LogP contribution in [0.25, 0.3) is 0 Å². The first-order valence-electron chi connectivity index (χ1n) is 43.6. The largest absolute Gasteiger partial charge is 0.477 e. The molecule has 14 N–H and O–H groups in total. The fraction of sp³-hybridized carbons (Fsp3) is 0.940. The third-order valence-electron chi connectivity index (χ3n) is 22.2. The minimum absolute atomic E-state index is 0.206. The number of ether oxygens (including phenoxy) is 6. The van der Waals surface area contributed by atoms with Crippen LogP contribution < -0.4 is 10.6 Å². The van der Waals surface area contributed by atoms with Gasteiger partial charge in [0.25, 0.3) is 5.79 Å². The predicted octanol–water partition coefficient (Wildman–Crippen LogP) is 12.9. The summed E-state index contributed by atoms with van der Waals surface area (Å²) in [6, 6.07) is -2.62. The Kier molecular flexibility index (Phi) is 58.0. The van der Waals surface area contributed by atoms with Crippen molar-refractivity contribution in [3.05, 3.63) is 12.2 Å². The maximum Gasteiger partial charge on any atom is 0.364 e. The molecule has 0 aliphatic carbocycles. The summed E-state index contributed by atoms with van der Waals surface area (Å²) < 4.78 is 35.0. The van der Waals surface area contributed by atoms with Gasteiger partial charge in [0.15, 0.2) is 12.6 Å². The van der Waals surface area contributed by atoms with E-state index in [0.29, 0.717) is 12.8 Å². The van der Waals surface area contributed by atoms with Gasteiger partial charge in [0.05, 0.1) is 50.7 Å². The number of hydrogen-bond acceptors (Lipinski definition) is 20. The number of carboxylic acids is 1. The molecule has 0 aromatic carbocycles. The van der Waals surface area contributed by atoms with Crippen molar-refractivity contribution < 1.29 is 104 Å². The van der Waals surface area contributed by atoms with E-state index in [1.807, 2.05) is 6.08 Å². The van der Waals surface area contributed by atoms with Crippen LogP contribution in [0.5, 0.6) is 0 Å². The summed E-state index contributed by atoms with van der Waals surface area (Å²) >= 11 is 0. The lowest BCUT2D eigenvalue weighted by atomic mass is 9.88. The molecule has 3 saturated heterocycles. The first-order chi connectivity index (χ1) is 51.9. The third kappa shape index (κ3) is 42.4. The first-order valence-corrected chi connectivity index (χ1v) is 43.6. The van der Waals surface area contributed by atoms with Crippen molar-refractivity contribution >= 4 is 17.8 Å². The van der Waals surface area contributed by atoms with E-state index in [0.717, 1.165) is 51.9 Å². The number of carboxylic acid groups (broad SMARTS) is 1. The molecule has 3 heterocycles. The van der Waals surface area contributed by atoms with Gasteiger partial charge in [0.2, 0.25) is 11.8 Å². The number of aliphatic hydroxyl groups is 11. The average molecular weight is 1530 g/mol. The molecular formula is C84H158N2O21. The maximum atomic E-state index is 13.6. The number of amides is 2. The number of hydrogen-bond donors (Lipinski definition) is 14. The van der Waals surface area contributed by atoms with Crippen molar-refractivity contribution in [2.24, 2.45) is 0 Å². The van der Waals surface area contributed by atoms with Crippen LogP contribution in [0.4, 0.5) is 0 Å². The molecule has 107 heavy (non-hydrogen) atoms. The van der Waals surface area contributed by atoms with Gasteiger partial charge in [-0.1, -0.05) is 341 Å². The SMILES string of the molecule is CCCCCCCCCCCCCCCCCCCCC/C=C/C(O)C(COC1OC(CO)C(OC2OC(CO)C(O)C(OC3(C(=O)O)CC(O)C(NC(C)=O)C(C(O)C(O)CO)O3)C2O)C(O)C1O)NC(=O)CCCCCCCCCCCCCCCCCCCCCCCCCCCCCCCCCC. The van der Waals surface area contributed by atoms with Gasteiger partial charge in [-0.15, -0.1) is 0 Å². The Morgan fingerprint density at radius 1 is 0.486 bits per heavy atom. The highest BCUT2D eigenvalue weighted by molar-refractivity contribution is 5.77. The normalized spacial score (nSPS) is 26.0. The maximum absolute atomic E-state index is 13.6. The van der Waals surface area contributed by atoms with E-state index in [-0.39, 0.29) is 12.3 Å². The van der Waals surface area contributed by atoms with Crippen LogP contribution in [-0.4, -0.2) is 215 Å². The number of aliphatic hydroxyl groups excluding tert-OH is 11. The Morgan fingerprint density at radius 3 is 1.24 bits per heavy atom. The second-order valence-corrected chi connectivity index (χ2v) is 31.8. The number of nitrogens with one attached hydrogen (secondary N) is 2. The number of carbonyl (C=O) groups excluding carboxylic acids is 2. The lowest BCUT2D eigenvalue weighted by Crippen LogP contribution is -2.70. The van der Waals surface area contributed by atoms with Gasteiger partial charge < -0.3 is 100 Å². The summed E-state index contributed by atoms with van der Waals surface area (Å²) in [7, 11) is 0. The Hall–Kier alpha value is -2.53. The van der Waals surface area contributed by atoms with Gasteiger partial charge in [0.1, 0.15) is 67.1 Å². The molecule has 0 saturated carbocycles. The first kappa shape index (κ1) is 98.7. The molecule has 2 amide bonds. The molecule has 3 aliphatic rings. The molecule has 0 radical (unpaired) electrons. The molecule has 630 valence electrons. The summed E-state index contributed by atoms with van der Waals surface area (Å²) in [5.41, 5.74) is 0. The molecule has 3 aliphatic heterocycles. The van der Waals surface area contributed by atoms with Crippen molar-refractivity contribution in [2.45, 2.75) is 477 Å². The van der Waals surface area contributed by atoms with Gasteiger partial charge >= 0.3 is 5.97 Å². The lowest BCUT2D eigenvalue weighted by Gasteiger charge is -2.50. The molecule has 23 nitrogen and oxygen atoms in total. The van der Waals surface area contributed by atoms with E-state index in [1.165, 1.54) is 276 Å². The molecule has 0 bridgehead atoms. The minimum atomic E-state index is -3.08. The molecular weight excluding hydrogens is 1370 g/mol. The van der Waals surface area contributed by atoms with Gasteiger partial charge in [0, 0.05) is 19.8 Å². The monoisotopic (exact) mass is 1530 g/mol. The van der Waals surface area contributed by atoms with Crippen LogP contribution in [0.2, 0.25) is 0 Å². The second-order valence-electron chi connectivity index (χ2n) is 31.8. The molecule has 3 fully saturated rings. The van der Waals surface area contributed by atoms with Crippen LogP contribution in [0, 0.1) is 0 Å². The van der Waals surface area contributed by atoms with Crippen molar-refractivity contribution in [3.8, 4) is 0 Å². The van der Waals surface area contributed by atoms with Crippen LogP contribution >= 0.6 is 0 Å². The van der Waals surface area contributed by atoms with E-state index in [1.54, 1.807) is 6.08 Å². The molecule has 18 atom stereocenters. The zero-order valence-corrected chi connectivity index (χ0v) is 67.0. The highest BCUT2D eigenvalue weighted by Crippen LogP contribution is 2.39. The number of carbonyl (C=O) groups is 3. The Labute approximate surface area is 645 Å². The molecule has 23 heteroatoms. The topological polar surface area (TPSA) is 373 Å². The molecule has 3 rings (SSSR count). The van der Waals surface area contributed by atoms with Crippen molar-refractivity contribution in [3.63, 3.8) is 0 Å². The minimum Gasteiger partial charge on any atom is -0.477 e. The average Bonchev–Trinajstić information content (AvgIpc) is 0.754. The molecule has 0 aromatic heterocycles. The van der Waals surface area contributed by atoms with Crippen LogP contribution in [0.1, 0.15) is 367 Å². The molecule has 18 unspecified atom stereocenters. The number of rotatable bonds is 70. The summed E-state index contributed by atoms with van der Waals surface area (Å²) in [5.74, 6) is -6.13. The summed E-state index contributed by atoms with van der Waals surface area (Å²) in [4.78, 5) is 38.7. The Morgan fingerprint density at radius 2 is 0.869 bits per heavy atom. The fourth-order valence-electron chi connectivity index (χ4n) is 15.4. The third-order valence-corrected chi connectivity index (χ3v) is 22.2. The van der Waals surface area contributed by atoms with Crippen LogP contribution in [-0.2, 0) is 42.8 Å². The van der Waals surface area contributed by atoms with E-state index >= 15 is 0 Å². The van der Waals surface area contributed by atoms with E-state index in [4.69, 9.17) is 28.4 Å². The summed E-state index contributed by atoms with van der Waals surface area (Å²) in [5, 5.41) is 137. The van der Waals surface area contributed by atoms with E-state index in [2.05, 4.69) is 24.5 Å². The summed E-state index contributed by atoms with van der Waals surface area (Å²) in [6.45, 7) is 2.21. The van der Waals surface area contributed by atoms with E-state index < -0.39 is 155 Å². The van der Waals surface area contributed by atoms with Crippen LogP contribution in [0.15, 0.2) is 12.2 Å². The fourth-order valence-corrected chi connectivity index (χ4v) is 15.4. The number of allylic oxidation sites excluding steroid dienone is 1. The Balaban J connectivity index is 1.46. The lowest BCUT2D eigenvalue weighted by molar-refractivity contribution is -0.386. The van der Waals surface area contributed by atoms with Crippen molar-refractivity contribution in [1.82, 2.24) is 10.6 Å². The van der Waals surface area contributed by atoms with Gasteiger partial charge in [-0.2, -0.15) is 0 Å². The standard InChI is InChI=1S/C84H158N2O21/c1-4-6-8-10-12-14-16-18-20-22-24-26-27-28-29-30-31-32-33-34-35-36-38-40-42-44-46-48-50-52-54-56-58-71(94)86-65(66(91)57-55-53-51-49-47-45-43-41-39-37-25-23-21-19-17-15-13-11-9-7-5-2)63-102-81-76(98)75(97)78(70(62-89)104-81)105-82-77(99)80(74(96)69(61-88)103-82)107-84(83(100)101)59-67(92)72(85-64(3)90)79(106-84)73(95)68(93)60-87/h55,57,65-70,72-82,87-89,91-93,95-99H,4-54,56,58-63H2,1-3H3,(H,85,90)(H,86,94)(H,100,101)/b57-55+. The predicted molar refractivity (Wildman–Crippen MR) is 417 cm³/mol. The van der Waals surface area contributed by atoms with Crippen LogP contribution in [0.3, 0.4) is 0 Å². The van der Waals surface area contributed by atoms with Crippen molar-refractivity contribution in [1.29, 1.82) is 0 Å². The smallest absolute Gasteiger partial charge is 0.364 e. The van der Waals surface area contributed by atoms with Crippen molar-refractivity contribution in [2.75, 3.05) is 26.4 Å². The Bertz CT molecular complexity index is 2170. The highest BCUT2D eigenvalue weighted by Gasteiger charge is 2.60. The van der Waals surface area contributed by atoms with Gasteiger partial charge in [-0.05, 0) is 19.3 Å². The number of unbranched alkanes of at least 4 members (excludes halogenated alkanes) is 50. The zero-order chi connectivity index (χ0) is 78.1. The molecule has 0 spiro atoms. The van der Waals surface area contributed by atoms with Gasteiger partial charge in [-0.3, -0.25) is 9.59 Å². The molecule has 0 aromatic rings. The summed E-state index contributed by atoms with van der Waals surface area (Å²) in [6.07, 6.45) is 41.2. The van der Waals surface area contributed by atoms with E-state index in [9.17, 15) is 75.7 Å². The highest BCUT2D eigenvalue weighted by atomic mass is 16.8. The second kappa shape index (κ2) is 62.9. The quantitative estimate of drug-likeness (QED) is 0.0199. The zero-order valence-electron chi connectivity index (χ0n) is 67.0.